The summed E-state index contributed by atoms with van der Waals surface area (Å²) in [4.78, 5) is 81.0. The van der Waals surface area contributed by atoms with Crippen molar-refractivity contribution in [1.29, 1.82) is 0 Å². The first-order valence-electron chi connectivity index (χ1n) is 25.5. The van der Waals surface area contributed by atoms with E-state index in [2.05, 4.69) is 50.7 Å². The van der Waals surface area contributed by atoms with Crippen LogP contribution < -0.4 is 10.6 Å². The lowest BCUT2D eigenvalue weighted by molar-refractivity contribution is -0.255. The van der Waals surface area contributed by atoms with E-state index >= 15 is 0 Å². The Morgan fingerprint density at radius 1 is 0.588 bits per heavy atom. The quantitative estimate of drug-likeness (QED) is 0.0416. The monoisotopic (exact) mass is 1120 g/mol. The van der Waals surface area contributed by atoms with E-state index in [4.69, 9.17) is 59.2 Å². The molecule has 3 fully saturated rings. The van der Waals surface area contributed by atoms with Crippen LogP contribution in [-0.4, -0.2) is 133 Å². The van der Waals surface area contributed by atoms with Crippen LogP contribution in [0.4, 0.5) is 9.59 Å². The summed E-state index contributed by atoms with van der Waals surface area (Å²) in [6.45, 7) is 8.68. The maximum atomic E-state index is 12.3. The first kappa shape index (κ1) is 64.0. The van der Waals surface area contributed by atoms with Crippen molar-refractivity contribution in [3.8, 4) is 0 Å². The Bertz CT molecular complexity index is 2600. The lowest BCUT2D eigenvalue weighted by Gasteiger charge is -2.44. The van der Waals surface area contributed by atoms with Crippen LogP contribution in [0.1, 0.15) is 97.6 Å². The number of hydrogen-bond donors (Lipinski definition) is 3. The second-order valence-corrected chi connectivity index (χ2v) is 18.6. The third kappa shape index (κ3) is 21.4. The minimum absolute atomic E-state index is 0.0180. The first-order chi connectivity index (χ1) is 38.4. The van der Waals surface area contributed by atoms with Crippen molar-refractivity contribution in [1.82, 2.24) is 10.6 Å². The Kier molecular flexibility index (Phi) is 27.0. The summed E-state index contributed by atoms with van der Waals surface area (Å²) in [5.74, 6) is -2.80. The molecule has 0 bridgehead atoms. The van der Waals surface area contributed by atoms with E-state index in [0.717, 1.165) is 37.8 Å². The van der Waals surface area contributed by atoms with Gasteiger partial charge in [-0.25, -0.2) is 9.59 Å². The second-order valence-electron chi connectivity index (χ2n) is 18.6. The molecule has 0 radical (unpaired) electrons. The standard InChI is InChI=1S/C25H33N7O8.C15H19NO3.C10H14N6O5/c1-14(28-25(35)36-13-17-8-5-4-6-9-17)20-10-7-11-21(39-20)40-23-19(30-32-27)12-18(29-31-26)22(37-15(2)33)24(23)38-16(3)34;1-12(14-9-5-6-10-18-14)16-15(17)19-11-13-7-3-2-4-8-13;1-4(17)20-9-7(14-16-12)3-6(13-15-11)8(19)10(9)21-5(2)18/h4-6,8-9,14,18-24H,7,10-13H2,1-3H3,(H,28,35);2-4,6-8,10,12,14H,5,9,11H2,1H3,(H,16,17);6-10,19H,3H2,1-2H3/t14-,18-,19+,20+,21-,22+,23-,24-;12-,14+;6-,7+,8+,9-,10-/m110/s1. The molecule has 2 aliphatic carbocycles. The maximum Gasteiger partial charge on any atom is 0.407 e. The highest BCUT2D eigenvalue weighted by Gasteiger charge is 2.51. The van der Waals surface area contributed by atoms with Gasteiger partial charge in [0.2, 0.25) is 0 Å². The molecule has 0 spiro atoms. The Balaban J connectivity index is 0.000000288. The van der Waals surface area contributed by atoms with Gasteiger partial charge < -0.3 is 58.4 Å². The topological polar surface area (TPSA) is 425 Å². The smallest absolute Gasteiger partial charge is 0.407 e. The number of allylic oxidation sites excluding steroid dienone is 1. The van der Waals surface area contributed by atoms with E-state index in [9.17, 15) is 39.4 Å². The SMILES string of the molecule is CC(=O)O[C@@H]1[C@@H](OC(C)=O)[C@H](N=[N+]=[N-])C[C@H](N=[N+]=[N-])[C@H]1O[C@@H]1CCC[C@@H]([C@@H](C)NC(=O)OCc2ccccc2)O1.CC(=O)O[C@@H]1[C@@H](OC(C)=O)[C@H](O)[C@@H](N=[N+]=[N-])C[C@H]1N=[N+]=[N-].C[C@@H](NC(=O)OCc1ccccc1)[C@@H]1CCC=CO1. The summed E-state index contributed by atoms with van der Waals surface area (Å²) >= 11 is 0. The highest BCUT2D eigenvalue weighted by atomic mass is 16.7. The van der Waals surface area contributed by atoms with Crippen LogP contribution >= 0.6 is 0 Å². The third-order valence-electron chi connectivity index (χ3n) is 12.6. The highest BCUT2D eigenvalue weighted by molar-refractivity contribution is 5.69. The highest BCUT2D eigenvalue weighted by Crippen LogP contribution is 2.35. The number of benzene rings is 2. The maximum absolute atomic E-state index is 12.3. The van der Waals surface area contributed by atoms with Crippen LogP contribution in [0.25, 0.3) is 41.8 Å². The molecule has 15 atom stereocenters. The number of azide groups is 4. The Labute approximate surface area is 459 Å². The average molecular weight is 1120 g/mol. The van der Waals surface area contributed by atoms with Crippen LogP contribution in [-0.2, 0) is 75.0 Å². The summed E-state index contributed by atoms with van der Waals surface area (Å²) in [6, 6.07) is 14.6. The van der Waals surface area contributed by atoms with Crippen molar-refractivity contribution in [2.45, 2.75) is 191 Å². The van der Waals surface area contributed by atoms with E-state index in [1.807, 2.05) is 73.7 Å². The number of carbonyl (C=O) groups is 6. The van der Waals surface area contributed by atoms with Crippen LogP contribution in [0.5, 0.6) is 0 Å². The summed E-state index contributed by atoms with van der Waals surface area (Å²) in [5, 5.41) is 30.0. The number of aliphatic hydroxyl groups excluding tert-OH is 1. The van der Waals surface area contributed by atoms with E-state index in [1.165, 1.54) is 13.8 Å². The molecule has 6 rings (SSSR count). The predicted octanol–water partition coefficient (Wildman–Crippen LogP) is 8.17. The van der Waals surface area contributed by atoms with Crippen molar-refractivity contribution in [3.05, 3.63) is 126 Å². The lowest BCUT2D eigenvalue weighted by atomic mass is 9.84. The van der Waals surface area contributed by atoms with Crippen molar-refractivity contribution in [2.24, 2.45) is 20.5 Å². The minimum atomic E-state index is -1.38. The largest absolute Gasteiger partial charge is 0.496 e. The Hall–Kier alpha value is -8.48. The molecule has 2 aromatic carbocycles. The van der Waals surface area contributed by atoms with Gasteiger partial charge in [0.1, 0.15) is 43.7 Å². The first-order valence-corrected chi connectivity index (χ1v) is 25.5. The molecule has 2 aromatic rings. The molecule has 0 aromatic heterocycles. The number of alkyl carbamates (subject to hydrolysis) is 2. The van der Waals surface area contributed by atoms with Crippen LogP contribution in [0.3, 0.4) is 0 Å². The zero-order chi connectivity index (χ0) is 58.6. The lowest BCUT2D eigenvalue weighted by Crippen LogP contribution is -2.59. The average Bonchev–Trinajstić information content (AvgIpc) is 3.43. The molecule has 3 N–H and O–H groups in total. The minimum Gasteiger partial charge on any atom is -0.496 e. The summed E-state index contributed by atoms with van der Waals surface area (Å²) < 4.78 is 49.0. The second kappa shape index (κ2) is 33.7. The Morgan fingerprint density at radius 2 is 1.01 bits per heavy atom. The van der Waals surface area contributed by atoms with Crippen molar-refractivity contribution in [2.75, 3.05) is 0 Å². The number of carbonyl (C=O) groups excluding carboxylic acids is 6. The molecule has 30 heteroatoms. The number of hydrogen-bond acceptors (Lipinski definition) is 20. The van der Waals surface area contributed by atoms with Crippen molar-refractivity contribution < 1.29 is 76.5 Å². The summed E-state index contributed by atoms with van der Waals surface area (Å²) in [7, 11) is 0. The van der Waals surface area contributed by atoms with Gasteiger partial charge in [-0.15, -0.1) is 0 Å². The van der Waals surface area contributed by atoms with Gasteiger partial charge in [-0.2, -0.15) is 0 Å². The molecule has 80 heavy (non-hydrogen) atoms. The Morgan fingerprint density at radius 3 is 1.48 bits per heavy atom. The molecule has 1 saturated heterocycles. The fourth-order valence-electron chi connectivity index (χ4n) is 8.98. The van der Waals surface area contributed by atoms with E-state index in [-0.39, 0.29) is 38.2 Å². The van der Waals surface area contributed by atoms with Gasteiger partial charge in [-0.3, -0.25) is 19.2 Å². The van der Waals surface area contributed by atoms with Gasteiger partial charge in [-0.1, -0.05) is 81.1 Å². The van der Waals surface area contributed by atoms with Gasteiger partial charge in [0.15, 0.2) is 18.5 Å². The van der Waals surface area contributed by atoms with Crippen LogP contribution in [0.2, 0.25) is 0 Å². The molecule has 2 aliphatic heterocycles. The fourth-order valence-corrected chi connectivity index (χ4v) is 8.98. The number of aliphatic hydroxyl groups is 1. The third-order valence-corrected chi connectivity index (χ3v) is 12.6. The van der Waals surface area contributed by atoms with Crippen molar-refractivity contribution >= 4 is 36.1 Å². The fraction of sp³-hybridized carbons (Fsp3) is 0.600. The number of amides is 2. The zero-order valence-electron chi connectivity index (χ0n) is 44.9. The summed E-state index contributed by atoms with van der Waals surface area (Å²) in [5.41, 5.74) is 37.1. The zero-order valence-corrected chi connectivity index (χ0v) is 44.9. The van der Waals surface area contributed by atoms with Crippen LogP contribution in [0, 0.1) is 0 Å². The molecule has 2 amide bonds. The van der Waals surface area contributed by atoms with Gasteiger partial charge in [0.05, 0.1) is 48.6 Å². The molecular weight excluding hydrogens is 1050 g/mol. The molecular formula is C50H66N14O16. The molecule has 4 aliphatic rings. The molecule has 0 unspecified atom stereocenters. The number of ether oxygens (including phenoxy) is 9. The number of esters is 4. The molecule has 30 nitrogen and oxygen atoms in total. The van der Waals surface area contributed by atoms with Gasteiger partial charge in [0, 0.05) is 47.3 Å². The van der Waals surface area contributed by atoms with Gasteiger partial charge in [-0.05, 0) is 98.1 Å². The van der Waals surface area contributed by atoms with Crippen molar-refractivity contribution in [3.63, 3.8) is 0 Å². The molecule has 432 valence electrons. The number of nitrogens with zero attached hydrogens (tertiary/aromatic N) is 12. The molecule has 2 saturated carbocycles. The normalized spacial score (nSPS) is 27.1. The number of nitrogens with one attached hydrogen (secondary N) is 2. The van der Waals surface area contributed by atoms with E-state index in [0.29, 0.717) is 19.3 Å². The predicted molar refractivity (Wildman–Crippen MR) is 278 cm³/mol. The molecule has 2 heterocycles. The van der Waals surface area contributed by atoms with Gasteiger partial charge in [0.25, 0.3) is 0 Å². The number of rotatable bonds is 18. The van der Waals surface area contributed by atoms with Crippen LogP contribution in [0.15, 0.2) is 93.5 Å². The summed E-state index contributed by atoms with van der Waals surface area (Å²) in [6.07, 6.45) is -2.23. The van der Waals surface area contributed by atoms with Gasteiger partial charge >= 0.3 is 36.1 Å². The van der Waals surface area contributed by atoms with E-state index in [1.54, 1.807) is 13.2 Å². The van der Waals surface area contributed by atoms with E-state index < -0.39 is 115 Å².